The van der Waals surface area contributed by atoms with Gasteiger partial charge in [-0.05, 0) is 30.1 Å². The van der Waals surface area contributed by atoms with Crippen LogP contribution in [0, 0.1) is 0 Å². The van der Waals surface area contributed by atoms with Crippen LogP contribution in [0.1, 0.15) is 18.6 Å². The van der Waals surface area contributed by atoms with E-state index in [-0.39, 0.29) is 6.10 Å². The largest absolute Gasteiger partial charge is 0.492 e. The van der Waals surface area contributed by atoms with Crippen molar-refractivity contribution in [2.45, 2.75) is 13.0 Å². The van der Waals surface area contributed by atoms with Crippen LogP contribution in [0.5, 0.6) is 0 Å². The minimum Gasteiger partial charge on any atom is -0.423 e. The van der Waals surface area contributed by atoms with Gasteiger partial charge in [0.25, 0.3) is 0 Å². The Balaban J connectivity index is 2.58. The Labute approximate surface area is 81.6 Å². The van der Waals surface area contributed by atoms with E-state index in [2.05, 4.69) is 0 Å². The molecule has 3 N–H and O–H groups in total. The number of nitrogens with two attached hydrogens (primary N) is 1. The van der Waals surface area contributed by atoms with E-state index < -0.39 is 7.12 Å². The molecule has 3 nitrogen and oxygen atoms in total. The fraction of sp³-hybridized carbons (Fsp3) is 0.250. The molecule has 68 valence electrons. The van der Waals surface area contributed by atoms with Crippen molar-refractivity contribution in [1.29, 1.82) is 0 Å². The average molecular weight is 197 g/mol. The molecule has 1 heterocycles. The van der Waals surface area contributed by atoms with E-state index in [1.54, 1.807) is 12.1 Å². The number of anilines is 1. The van der Waals surface area contributed by atoms with Gasteiger partial charge in [0.15, 0.2) is 0 Å². The van der Waals surface area contributed by atoms with Crippen LogP contribution in [-0.2, 0) is 4.65 Å². The third-order valence-corrected chi connectivity index (χ3v) is 2.57. The molecule has 0 saturated heterocycles. The third-order valence-electron chi connectivity index (χ3n) is 2.24. The van der Waals surface area contributed by atoms with Gasteiger partial charge in [0.1, 0.15) is 0 Å². The molecular formula is C8H9BClNO2. The van der Waals surface area contributed by atoms with Crippen molar-refractivity contribution in [3.05, 3.63) is 22.7 Å². The van der Waals surface area contributed by atoms with E-state index in [1.807, 2.05) is 6.92 Å². The van der Waals surface area contributed by atoms with Gasteiger partial charge in [-0.25, -0.2) is 0 Å². The number of halogens is 1. The number of fused-ring (bicyclic) bond motifs is 1. The Morgan fingerprint density at radius 1 is 1.62 bits per heavy atom. The summed E-state index contributed by atoms with van der Waals surface area (Å²) in [5, 5.41) is 9.90. The molecule has 2 rings (SSSR count). The SMILES string of the molecule is CC1OB(O)c2cc(Cl)c(N)cc21. The molecule has 1 aromatic carbocycles. The number of benzene rings is 1. The van der Waals surface area contributed by atoms with Crippen molar-refractivity contribution < 1.29 is 9.68 Å². The number of rotatable bonds is 0. The molecule has 0 aromatic heterocycles. The summed E-state index contributed by atoms with van der Waals surface area (Å²) in [6.07, 6.45) is -0.121. The average Bonchev–Trinajstić information content (AvgIpc) is 2.31. The van der Waals surface area contributed by atoms with Crippen LogP contribution < -0.4 is 11.2 Å². The zero-order valence-corrected chi connectivity index (χ0v) is 7.88. The first kappa shape index (κ1) is 8.87. The zero-order valence-electron chi connectivity index (χ0n) is 7.12. The van der Waals surface area contributed by atoms with E-state index in [1.165, 1.54) is 0 Å². The molecule has 1 atom stereocenters. The van der Waals surface area contributed by atoms with Crippen LogP contribution >= 0.6 is 11.6 Å². The monoisotopic (exact) mass is 197 g/mol. The molecule has 0 radical (unpaired) electrons. The highest BCUT2D eigenvalue weighted by atomic mass is 35.5. The predicted molar refractivity (Wildman–Crippen MR) is 53.0 cm³/mol. The van der Waals surface area contributed by atoms with Crippen LogP contribution in [0.3, 0.4) is 0 Å². The van der Waals surface area contributed by atoms with E-state index in [9.17, 15) is 5.02 Å². The molecule has 0 amide bonds. The highest BCUT2D eigenvalue weighted by molar-refractivity contribution is 6.62. The van der Waals surface area contributed by atoms with E-state index in [4.69, 9.17) is 22.0 Å². The first-order valence-electron chi connectivity index (χ1n) is 4.02. The van der Waals surface area contributed by atoms with E-state index in [0.717, 1.165) is 5.56 Å². The van der Waals surface area contributed by atoms with E-state index >= 15 is 0 Å². The van der Waals surface area contributed by atoms with Gasteiger partial charge < -0.3 is 15.4 Å². The van der Waals surface area contributed by atoms with Gasteiger partial charge in [-0.2, -0.15) is 0 Å². The van der Waals surface area contributed by atoms with Crippen molar-refractivity contribution in [3.63, 3.8) is 0 Å². The summed E-state index contributed by atoms with van der Waals surface area (Å²) < 4.78 is 5.18. The van der Waals surface area contributed by atoms with Gasteiger partial charge in [-0.3, -0.25) is 0 Å². The lowest BCUT2D eigenvalue weighted by Gasteiger charge is -2.05. The number of hydrogen-bond donors (Lipinski definition) is 2. The molecule has 1 aromatic rings. The van der Waals surface area contributed by atoms with Gasteiger partial charge in [0, 0.05) is 0 Å². The predicted octanol–water partition coefficient (Wildman–Crippen LogP) is 0.701. The highest BCUT2D eigenvalue weighted by Crippen LogP contribution is 2.28. The van der Waals surface area contributed by atoms with Crippen molar-refractivity contribution in [2.75, 3.05) is 5.73 Å². The van der Waals surface area contributed by atoms with Crippen molar-refractivity contribution in [1.82, 2.24) is 0 Å². The van der Waals surface area contributed by atoms with Gasteiger partial charge in [-0.1, -0.05) is 11.6 Å². The molecule has 1 unspecified atom stereocenters. The second-order valence-electron chi connectivity index (χ2n) is 3.13. The molecule has 0 saturated carbocycles. The second-order valence-corrected chi connectivity index (χ2v) is 3.54. The van der Waals surface area contributed by atoms with Crippen LogP contribution in [0.15, 0.2) is 12.1 Å². The molecule has 1 aliphatic rings. The maximum absolute atomic E-state index is 9.45. The molecule has 5 heteroatoms. The minimum absolute atomic E-state index is 0.121. The standard InChI is InChI=1S/C8H9BClNO2/c1-4-5-2-8(11)7(10)3-6(5)9(12)13-4/h2-4,12H,11H2,1H3. The fourth-order valence-electron chi connectivity index (χ4n) is 1.53. The summed E-state index contributed by atoms with van der Waals surface area (Å²) in [6.45, 7) is 1.86. The summed E-state index contributed by atoms with van der Waals surface area (Å²) in [7, 11) is -0.872. The maximum atomic E-state index is 9.45. The molecule has 0 aliphatic carbocycles. The second kappa shape index (κ2) is 2.91. The highest BCUT2D eigenvalue weighted by Gasteiger charge is 2.33. The number of hydrogen-bond acceptors (Lipinski definition) is 3. The maximum Gasteiger partial charge on any atom is 0.492 e. The lowest BCUT2D eigenvalue weighted by molar-refractivity contribution is 0.209. The fourth-order valence-corrected chi connectivity index (χ4v) is 1.70. The Morgan fingerprint density at radius 3 is 3.00 bits per heavy atom. The lowest BCUT2D eigenvalue weighted by atomic mass is 9.79. The topological polar surface area (TPSA) is 55.5 Å². The van der Waals surface area contributed by atoms with Gasteiger partial charge in [0.05, 0.1) is 16.8 Å². The summed E-state index contributed by atoms with van der Waals surface area (Å²) in [5.41, 5.74) is 7.78. The third kappa shape index (κ3) is 1.31. The van der Waals surface area contributed by atoms with Crippen LogP contribution in [0.25, 0.3) is 0 Å². The van der Waals surface area contributed by atoms with E-state index in [0.29, 0.717) is 16.2 Å². The molecule has 13 heavy (non-hydrogen) atoms. The lowest BCUT2D eigenvalue weighted by Crippen LogP contribution is -2.28. The Morgan fingerprint density at radius 2 is 2.31 bits per heavy atom. The molecular weight excluding hydrogens is 188 g/mol. The Bertz CT molecular complexity index is 325. The molecule has 1 aliphatic heterocycles. The Hall–Kier alpha value is -0.705. The smallest absolute Gasteiger partial charge is 0.423 e. The summed E-state index contributed by atoms with van der Waals surface area (Å²) in [4.78, 5) is 0. The van der Waals surface area contributed by atoms with Gasteiger partial charge in [0.2, 0.25) is 0 Å². The summed E-state index contributed by atoms with van der Waals surface area (Å²) in [5.74, 6) is 0. The first-order valence-corrected chi connectivity index (χ1v) is 4.39. The van der Waals surface area contributed by atoms with Crippen LogP contribution in [0.2, 0.25) is 5.02 Å². The molecule has 0 bridgehead atoms. The summed E-state index contributed by atoms with van der Waals surface area (Å²) >= 11 is 5.81. The normalized spacial score (nSPS) is 20.5. The van der Waals surface area contributed by atoms with Crippen molar-refractivity contribution >= 4 is 29.9 Å². The first-order chi connectivity index (χ1) is 6.09. The van der Waals surface area contributed by atoms with Crippen molar-refractivity contribution in [2.24, 2.45) is 0 Å². The zero-order chi connectivity index (χ0) is 9.59. The van der Waals surface area contributed by atoms with Gasteiger partial charge in [-0.15, -0.1) is 0 Å². The number of nitrogen functional groups attached to an aromatic ring is 1. The Kier molecular flexibility index (Phi) is 1.98. The van der Waals surface area contributed by atoms with Crippen molar-refractivity contribution in [3.8, 4) is 0 Å². The molecule has 0 fully saturated rings. The van der Waals surface area contributed by atoms with Crippen LogP contribution in [0.4, 0.5) is 5.69 Å². The van der Waals surface area contributed by atoms with Gasteiger partial charge >= 0.3 is 7.12 Å². The van der Waals surface area contributed by atoms with Crippen LogP contribution in [-0.4, -0.2) is 12.1 Å². The summed E-state index contributed by atoms with van der Waals surface area (Å²) in [6, 6.07) is 3.40. The molecule has 0 spiro atoms. The quantitative estimate of drug-likeness (QED) is 0.475. The minimum atomic E-state index is -0.872.